The first kappa shape index (κ1) is 13.8. The Morgan fingerprint density at radius 3 is 2.44 bits per heavy atom. The van der Waals surface area contributed by atoms with E-state index in [1.54, 1.807) is 0 Å². The molecule has 2 rings (SSSR count). The van der Waals surface area contributed by atoms with Crippen molar-refractivity contribution in [1.82, 2.24) is 4.90 Å². The summed E-state index contributed by atoms with van der Waals surface area (Å²) in [5.74, 6) is 1.19. The molecular formula is C15H20INO. The molecule has 1 aliphatic carbocycles. The molecule has 98 valence electrons. The molecule has 18 heavy (non-hydrogen) atoms. The fourth-order valence-corrected chi connectivity index (χ4v) is 2.43. The lowest BCUT2D eigenvalue weighted by Crippen LogP contribution is -2.34. The summed E-state index contributed by atoms with van der Waals surface area (Å²) in [6.45, 7) is 5.95. The molecule has 1 fully saturated rings. The summed E-state index contributed by atoms with van der Waals surface area (Å²) < 4.78 is 1.24. The number of hydrogen-bond acceptors (Lipinski definition) is 1. The van der Waals surface area contributed by atoms with Crippen molar-refractivity contribution in [1.29, 1.82) is 0 Å². The summed E-state index contributed by atoms with van der Waals surface area (Å²) in [6.07, 6.45) is 2.17. The molecule has 1 saturated carbocycles. The molecule has 1 aromatic carbocycles. The normalized spacial score (nSPS) is 14.9. The zero-order chi connectivity index (χ0) is 13.1. The van der Waals surface area contributed by atoms with Gasteiger partial charge in [-0.2, -0.15) is 0 Å². The van der Waals surface area contributed by atoms with Gasteiger partial charge in [-0.15, -0.1) is 0 Å². The van der Waals surface area contributed by atoms with Crippen LogP contribution in [-0.2, 0) is 11.3 Å². The molecule has 2 nitrogen and oxygen atoms in total. The largest absolute Gasteiger partial charge is 0.338 e. The summed E-state index contributed by atoms with van der Waals surface area (Å²) in [7, 11) is 0. The van der Waals surface area contributed by atoms with Crippen molar-refractivity contribution >= 4 is 28.5 Å². The lowest BCUT2D eigenvalue weighted by molar-refractivity contribution is -0.133. The molecule has 0 aromatic heterocycles. The van der Waals surface area contributed by atoms with Gasteiger partial charge < -0.3 is 4.90 Å². The van der Waals surface area contributed by atoms with Crippen LogP contribution in [0.3, 0.4) is 0 Å². The van der Waals surface area contributed by atoms with Crippen LogP contribution >= 0.6 is 22.6 Å². The van der Waals surface area contributed by atoms with E-state index in [4.69, 9.17) is 0 Å². The Balaban J connectivity index is 2.03. The van der Waals surface area contributed by atoms with Gasteiger partial charge in [0.2, 0.25) is 5.91 Å². The summed E-state index contributed by atoms with van der Waals surface area (Å²) in [5.41, 5.74) is 1.23. The van der Waals surface area contributed by atoms with E-state index in [2.05, 4.69) is 60.7 Å². The van der Waals surface area contributed by atoms with Crippen molar-refractivity contribution < 1.29 is 4.79 Å². The van der Waals surface area contributed by atoms with Crippen LogP contribution in [0.15, 0.2) is 24.3 Å². The maximum atomic E-state index is 12.2. The van der Waals surface area contributed by atoms with E-state index < -0.39 is 0 Å². The number of carbonyl (C=O) groups is 1. The standard InChI is InChI=1S/C15H20INO/c1-11(2)9-17(15(18)13-5-6-13)10-12-3-7-14(16)8-4-12/h3-4,7-8,11,13H,5-6,9-10H2,1-2H3. The molecule has 0 spiro atoms. The van der Waals surface area contributed by atoms with E-state index in [1.807, 2.05) is 4.90 Å². The molecule has 0 atom stereocenters. The van der Waals surface area contributed by atoms with Crippen molar-refractivity contribution in [2.75, 3.05) is 6.54 Å². The highest BCUT2D eigenvalue weighted by Crippen LogP contribution is 2.31. The number of halogens is 1. The zero-order valence-electron chi connectivity index (χ0n) is 11.0. The van der Waals surface area contributed by atoms with E-state index in [0.29, 0.717) is 17.7 Å². The Morgan fingerprint density at radius 1 is 1.33 bits per heavy atom. The van der Waals surface area contributed by atoms with Gasteiger partial charge in [-0.3, -0.25) is 4.79 Å². The van der Waals surface area contributed by atoms with Gasteiger partial charge >= 0.3 is 0 Å². The van der Waals surface area contributed by atoms with Gasteiger partial charge in [-0.25, -0.2) is 0 Å². The van der Waals surface area contributed by atoms with Gasteiger partial charge in [0.05, 0.1) is 0 Å². The number of amides is 1. The smallest absolute Gasteiger partial charge is 0.225 e. The maximum Gasteiger partial charge on any atom is 0.225 e. The molecule has 0 N–H and O–H groups in total. The number of rotatable bonds is 5. The van der Waals surface area contributed by atoms with Crippen molar-refractivity contribution in [2.24, 2.45) is 11.8 Å². The number of nitrogens with zero attached hydrogens (tertiary/aromatic N) is 1. The van der Waals surface area contributed by atoms with Crippen molar-refractivity contribution in [2.45, 2.75) is 33.2 Å². The third kappa shape index (κ3) is 3.97. The van der Waals surface area contributed by atoms with Crippen LogP contribution in [0, 0.1) is 15.4 Å². The lowest BCUT2D eigenvalue weighted by atomic mass is 10.1. The third-order valence-corrected chi connectivity index (χ3v) is 3.83. The summed E-state index contributed by atoms with van der Waals surface area (Å²) >= 11 is 2.30. The first-order valence-corrected chi connectivity index (χ1v) is 7.67. The third-order valence-electron chi connectivity index (χ3n) is 3.11. The van der Waals surface area contributed by atoms with Crippen molar-refractivity contribution in [3.05, 3.63) is 33.4 Å². The van der Waals surface area contributed by atoms with Gasteiger partial charge in [0.15, 0.2) is 0 Å². The van der Waals surface area contributed by atoms with Crippen LogP contribution in [0.5, 0.6) is 0 Å². The van der Waals surface area contributed by atoms with Gasteiger partial charge in [0.1, 0.15) is 0 Å². The monoisotopic (exact) mass is 357 g/mol. The minimum Gasteiger partial charge on any atom is -0.338 e. The molecule has 0 heterocycles. The van der Waals surface area contributed by atoms with Crippen molar-refractivity contribution in [3.8, 4) is 0 Å². The Labute approximate surface area is 123 Å². The number of benzene rings is 1. The second kappa shape index (κ2) is 6.04. The van der Waals surface area contributed by atoms with Crippen LogP contribution in [-0.4, -0.2) is 17.4 Å². The van der Waals surface area contributed by atoms with Gasteiger partial charge in [0.25, 0.3) is 0 Å². The Hall–Kier alpha value is -0.580. The first-order valence-electron chi connectivity index (χ1n) is 6.59. The van der Waals surface area contributed by atoms with Gasteiger partial charge in [-0.1, -0.05) is 26.0 Å². The maximum absolute atomic E-state index is 12.2. The zero-order valence-corrected chi connectivity index (χ0v) is 13.2. The summed E-state index contributed by atoms with van der Waals surface area (Å²) in [4.78, 5) is 14.3. The average Bonchev–Trinajstić information content (AvgIpc) is 3.13. The molecular weight excluding hydrogens is 337 g/mol. The highest BCUT2D eigenvalue weighted by molar-refractivity contribution is 14.1. The van der Waals surface area contributed by atoms with Crippen LogP contribution in [0.2, 0.25) is 0 Å². The second-order valence-electron chi connectivity index (χ2n) is 5.51. The van der Waals surface area contributed by atoms with E-state index in [-0.39, 0.29) is 0 Å². The average molecular weight is 357 g/mol. The molecule has 1 aromatic rings. The Kier molecular flexibility index (Phi) is 4.65. The topological polar surface area (TPSA) is 20.3 Å². The van der Waals surface area contributed by atoms with Crippen LogP contribution in [0.1, 0.15) is 32.3 Å². The molecule has 1 amide bonds. The fraction of sp³-hybridized carbons (Fsp3) is 0.533. The predicted molar refractivity (Wildman–Crippen MR) is 82.1 cm³/mol. The predicted octanol–water partition coefficient (Wildman–Crippen LogP) is 3.69. The van der Waals surface area contributed by atoms with Crippen LogP contribution in [0.4, 0.5) is 0 Å². The molecule has 3 heteroatoms. The summed E-state index contributed by atoms with van der Waals surface area (Å²) in [6, 6.07) is 8.45. The number of hydrogen-bond donors (Lipinski definition) is 0. The second-order valence-corrected chi connectivity index (χ2v) is 6.76. The quantitative estimate of drug-likeness (QED) is 0.736. The highest BCUT2D eigenvalue weighted by Gasteiger charge is 2.33. The highest BCUT2D eigenvalue weighted by atomic mass is 127. The molecule has 1 aliphatic rings. The molecule has 0 bridgehead atoms. The summed E-state index contributed by atoms with van der Waals surface area (Å²) in [5, 5.41) is 0. The van der Waals surface area contributed by atoms with E-state index >= 15 is 0 Å². The van der Waals surface area contributed by atoms with Gasteiger partial charge in [0, 0.05) is 22.6 Å². The molecule has 0 unspecified atom stereocenters. The first-order chi connectivity index (χ1) is 8.56. The Bertz CT molecular complexity index is 409. The molecule has 0 saturated heterocycles. The Morgan fingerprint density at radius 2 is 1.94 bits per heavy atom. The van der Waals surface area contributed by atoms with E-state index in [0.717, 1.165) is 25.9 Å². The van der Waals surface area contributed by atoms with E-state index in [9.17, 15) is 4.79 Å². The van der Waals surface area contributed by atoms with Crippen LogP contribution in [0.25, 0.3) is 0 Å². The minimum absolute atomic E-state index is 0.313. The molecule has 0 radical (unpaired) electrons. The van der Waals surface area contributed by atoms with Crippen molar-refractivity contribution in [3.63, 3.8) is 0 Å². The molecule has 0 aliphatic heterocycles. The fourth-order valence-electron chi connectivity index (χ4n) is 2.07. The van der Waals surface area contributed by atoms with E-state index in [1.165, 1.54) is 9.13 Å². The SMILES string of the molecule is CC(C)CN(Cc1ccc(I)cc1)C(=O)C1CC1. The number of carbonyl (C=O) groups excluding carboxylic acids is 1. The van der Waals surface area contributed by atoms with Gasteiger partial charge in [-0.05, 0) is 59.0 Å². The minimum atomic E-state index is 0.313. The lowest BCUT2D eigenvalue weighted by Gasteiger charge is -2.25. The van der Waals surface area contributed by atoms with Crippen LogP contribution < -0.4 is 0 Å².